The van der Waals surface area contributed by atoms with Crippen molar-refractivity contribution in [3.8, 4) is 0 Å². The largest absolute Gasteiger partial charge is 0.268 e. The molecule has 116 valence electrons. The average molecular weight is 315 g/mol. The number of hydrogen-bond acceptors (Lipinski definition) is 3. The Morgan fingerprint density at radius 1 is 0.792 bits per heavy atom. The standard InChI is InChI=1S/C20H13NO3/c1-12-10-11-16-17-14(12)8-5-9-15(17)19(23)21(20(16)24)18(22)13-6-3-2-4-7-13/h2-11H,1H3. The number of carbonyl (C=O) groups is 3. The summed E-state index contributed by atoms with van der Waals surface area (Å²) in [7, 11) is 0. The lowest BCUT2D eigenvalue weighted by molar-refractivity contribution is 0.0534. The Kier molecular flexibility index (Phi) is 3.06. The molecular weight excluding hydrogens is 302 g/mol. The van der Waals surface area contributed by atoms with Crippen LogP contribution in [0, 0.1) is 6.92 Å². The molecule has 3 aromatic carbocycles. The minimum absolute atomic E-state index is 0.307. The first kappa shape index (κ1) is 14.3. The topological polar surface area (TPSA) is 54.5 Å². The van der Waals surface area contributed by atoms with E-state index in [-0.39, 0.29) is 0 Å². The molecule has 0 unspecified atom stereocenters. The maximum absolute atomic E-state index is 12.8. The minimum atomic E-state index is -0.603. The smallest absolute Gasteiger partial charge is 0.268 e. The lowest BCUT2D eigenvalue weighted by Crippen LogP contribution is -2.44. The number of aryl methyl sites for hydroxylation is 1. The average Bonchev–Trinajstić information content (AvgIpc) is 2.61. The summed E-state index contributed by atoms with van der Waals surface area (Å²) in [5.74, 6) is -1.75. The molecule has 0 aromatic heterocycles. The van der Waals surface area contributed by atoms with E-state index in [4.69, 9.17) is 0 Å². The Hall–Kier alpha value is -3.27. The summed E-state index contributed by atoms with van der Waals surface area (Å²) in [4.78, 5) is 39.1. The molecule has 0 aliphatic carbocycles. The molecule has 1 aliphatic heterocycles. The van der Waals surface area contributed by atoms with E-state index >= 15 is 0 Å². The van der Waals surface area contributed by atoms with Crippen LogP contribution in [-0.4, -0.2) is 22.6 Å². The third-order valence-corrected chi connectivity index (χ3v) is 4.35. The molecule has 3 amide bonds. The molecule has 24 heavy (non-hydrogen) atoms. The van der Waals surface area contributed by atoms with Crippen molar-refractivity contribution in [1.29, 1.82) is 0 Å². The lowest BCUT2D eigenvalue weighted by atomic mass is 9.91. The quantitative estimate of drug-likeness (QED) is 0.645. The molecule has 0 saturated heterocycles. The van der Waals surface area contributed by atoms with Gasteiger partial charge in [-0.1, -0.05) is 36.4 Å². The van der Waals surface area contributed by atoms with Gasteiger partial charge in [0.25, 0.3) is 17.7 Å². The van der Waals surface area contributed by atoms with E-state index in [1.807, 2.05) is 19.1 Å². The first-order chi connectivity index (χ1) is 11.6. The van der Waals surface area contributed by atoms with Gasteiger partial charge in [0.2, 0.25) is 0 Å². The van der Waals surface area contributed by atoms with Gasteiger partial charge < -0.3 is 0 Å². The number of benzene rings is 3. The SMILES string of the molecule is Cc1ccc2c3c(cccc13)C(=O)N(C(=O)c1ccccc1)C2=O. The Morgan fingerprint density at radius 3 is 2.17 bits per heavy atom. The van der Waals surface area contributed by atoms with E-state index in [0.29, 0.717) is 22.1 Å². The van der Waals surface area contributed by atoms with Crippen LogP contribution < -0.4 is 0 Å². The molecule has 0 N–H and O–H groups in total. The van der Waals surface area contributed by atoms with Crippen LogP contribution in [0.3, 0.4) is 0 Å². The Bertz CT molecular complexity index is 999. The van der Waals surface area contributed by atoms with Gasteiger partial charge in [0.05, 0.1) is 0 Å². The van der Waals surface area contributed by atoms with Crippen LogP contribution in [0.2, 0.25) is 0 Å². The van der Waals surface area contributed by atoms with Crippen molar-refractivity contribution in [1.82, 2.24) is 4.90 Å². The lowest BCUT2D eigenvalue weighted by Gasteiger charge is -2.26. The summed E-state index contributed by atoms with van der Waals surface area (Å²) in [5.41, 5.74) is 2.06. The van der Waals surface area contributed by atoms with Crippen molar-refractivity contribution in [3.05, 3.63) is 82.9 Å². The summed E-state index contributed by atoms with van der Waals surface area (Å²) in [6.07, 6.45) is 0. The summed E-state index contributed by atoms with van der Waals surface area (Å²) < 4.78 is 0. The van der Waals surface area contributed by atoms with Crippen LogP contribution in [-0.2, 0) is 0 Å². The Morgan fingerprint density at radius 2 is 1.46 bits per heavy atom. The summed E-state index contributed by atoms with van der Waals surface area (Å²) in [5, 5.41) is 1.49. The Labute approximate surface area is 138 Å². The maximum atomic E-state index is 12.8. The van der Waals surface area contributed by atoms with Crippen LogP contribution >= 0.6 is 0 Å². The van der Waals surface area contributed by atoms with Crippen molar-refractivity contribution in [3.63, 3.8) is 0 Å². The minimum Gasteiger partial charge on any atom is -0.268 e. The molecule has 4 nitrogen and oxygen atoms in total. The predicted octanol–water partition coefficient (Wildman–Crippen LogP) is 3.58. The molecule has 4 heteroatoms. The van der Waals surface area contributed by atoms with Crippen LogP contribution in [0.5, 0.6) is 0 Å². The number of hydrogen-bond donors (Lipinski definition) is 0. The van der Waals surface area contributed by atoms with Gasteiger partial charge in [-0.3, -0.25) is 14.4 Å². The zero-order valence-electron chi connectivity index (χ0n) is 12.9. The summed E-state index contributed by atoms with van der Waals surface area (Å²) >= 11 is 0. The number of carbonyl (C=O) groups excluding carboxylic acids is 3. The van der Waals surface area contributed by atoms with E-state index in [0.717, 1.165) is 15.8 Å². The normalized spacial score (nSPS) is 13.5. The highest BCUT2D eigenvalue weighted by Crippen LogP contribution is 2.32. The highest BCUT2D eigenvalue weighted by molar-refractivity contribution is 6.33. The second kappa shape index (κ2) is 5.13. The fourth-order valence-corrected chi connectivity index (χ4v) is 3.14. The van der Waals surface area contributed by atoms with E-state index in [9.17, 15) is 14.4 Å². The number of rotatable bonds is 1. The molecule has 0 saturated carbocycles. The Balaban J connectivity index is 1.93. The van der Waals surface area contributed by atoms with Crippen LogP contribution in [0.4, 0.5) is 0 Å². The van der Waals surface area contributed by atoms with Crippen LogP contribution in [0.25, 0.3) is 10.8 Å². The highest BCUT2D eigenvalue weighted by atomic mass is 16.2. The van der Waals surface area contributed by atoms with Gasteiger partial charge in [0, 0.05) is 22.1 Å². The molecule has 3 aromatic rings. The third kappa shape index (κ3) is 1.90. The monoisotopic (exact) mass is 315 g/mol. The predicted molar refractivity (Wildman–Crippen MR) is 90.0 cm³/mol. The second-order valence-corrected chi connectivity index (χ2v) is 5.78. The molecule has 0 spiro atoms. The van der Waals surface area contributed by atoms with E-state index in [1.165, 1.54) is 0 Å². The molecular formula is C20H13NO3. The van der Waals surface area contributed by atoms with Crippen LogP contribution in [0.1, 0.15) is 36.6 Å². The fourth-order valence-electron chi connectivity index (χ4n) is 3.14. The first-order valence-corrected chi connectivity index (χ1v) is 7.60. The molecule has 4 rings (SSSR count). The van der Waals surface area contributed by atoms with E-state index in [1.54, 1.807) is 48.5 Å². The first-order valence-electron chi connectivity index (χ1n) is 7.60. The number of amides is 3. The number of nitrogens with zero attached hydrogens (tertiary/aromatic N) is 1. The van der Waals surface area contributed by atoms with E-state index < -0.39 is 17.7 Å². The van der Waals surface area contributed by atoms with Crippen molar-refractivity contribution in [2.75, 3.05) is 0 Å². The van der Waals surface area contributed by atoms with E-state index in [2.05, 4.69) is 0 Å². The third-order valence-electron chi connectivity index (χ3n) is 4.35. The zero-order chi connectivity index (χ0) is 16.8. The van der Waals surface area contributed by atoms with Crippen molar-refractivity contribution in [2.24, 2.45) is 0 Å². The van der Waals surface area contributed by atoms with Gasteiger partial charge >= 0.3 is 0 Å². The second-order valence-electron chi connectivity index (χ2n) is 5.78. The molecule has 0 atom stereocenters. The molecule has 0 radical (unpaired) electrons. The molecule has 0 bridgehead atoms. The fraction of sp³-hybridized carbons (Fsp3) is 0.0500. The van der Waals surface area contributed by atoms with Gasteiger partial charge in [-0.05, 0) is 42.1 Å². The maximum Gasteiger partial charge on any atom is 0.268 e. The molecule has 0 fully saturated rings. The van der Waals surface area contributed by atoms with Gasteiger partial charge in [0.15, 0.2) is 0 Å². The van der Waals surface area contributed by atoms with Crippen molar-refractivity contribution in [2.45, 2.75) is 6.92 Å². The van der Waals surface area contributed by atoms with Gasteiger partial charge in [-0.15, -0.1) is 0 Å². The van der Waals surface area contributed by atoms with Gasteiger partial charge in [-0.2, -0.15) is 0 Å². The van der Waals surface area contributed by atoms with Crippen molar-refractivity contribution >= 4 is 28.5 Å². The highest BCUT2D eigenvalue weighted by Gasteiger charge is 2.37. The summed E-state index contributed by atoms with van der Waals surface area (Å²) in [6, 6.07) is 17.2. The van der Waals surface area contributed by atoms with Crippen LogP contribution in [0.15, 0.2) is 60.7 Å². The van der Waals surface area contributed by atoms with Gasteiger partial charge in [-0.25, -0.2) is 4.90 Å². The van der Waals surface area contributed by atoms with Crippen molar-refractivity contribution < 1.29 is 14.4 Å². The zero-order valence-corrected chi connectivity index (χ0v) is 12.9. The molecule has 1 aliphatic rings. The summed E-state index contributed by atoms with van der Waals surface area (Å²) in [6.45, 7) is 1.93. The number of imide groups is 3. The van der Waals surface area contributed by atoms with Gasteiger partial charge in [0.1, 0.15) is 0 Å². The molecule has 1 heterocycles.